The number of rotatable bonds is 7. The number of aliphatic hydroxyl groups excluding tert-OH is 1. The molecule has 1 atom stereocenters. The van der Waals surface area contributed by atoms with Crippen LogP contribution in [0.1, 0.15) is 47.5 Å². The molecule has 0 aliphatic heterocycles. The van der Waals surface area contributed by atoms with Crippen molar-refractivity contribution in [3.8, 4) is 0 Å². The summed E-state index contributed by atoms with van der Waals surface area (Å²) < 4.78 is 0. The minimum atomic E-state index is -0.119. The Bertz CT molecular complexity index is 247. The summed E-state index contributed by atoms with van der Waals surface area (Å²) in [5.74, 6) is 0.00182. The van der Waals surface area contributed by atoms with Crippen molar-refractivity contribution in [2.75, 3.05) is 19.7 Å². The molecule has 3 N–H and O–H groups in total. The molecule has 0 heterocycles. The molecule has 1 amide bonds. The third-order valence-corrected chi connectivity index (χ3v) is 2.96. The molecule has 0 fully saturated rings. The van der Waals surface area contributed by atoms with E-state index in [0.29, 0.717) is 19.5 Å². The molecule has 0 bridgehead atoms. The van der Waals surface area contributed by atoms with Gasteiger partial charge < -0.3 is 15.7 Å². The Morgan fingerprint density at radius 3 is 2.22 bits per heavy atom. The van der Waals surface area contributed by atoms with Crippen molar-refractivity contribution in [2.45, 2.75) is 53.5 Å². The highest BCUT2D eigenvalue weighted by Crippen LogP contribution is 2.25. The van der Waals surface area contributed by atoms with Crippen molar-refractivity contribution in [3.05, 3.63) is 0 Å². The molecular formula is C14H30N2O2. The van der Waals surface area contributed by atoms with E-state index in [1.54, 1.807) is 0 Å². The van der Waals surface area contributed by atoms with Gasteiger partial charge in [-0.05, 0) is 32.1 Å². The van der Waals surface area contributed by atoms with Gasteiger partial charge in [-0.3, -0.25) is 4.79 Å². The molecule has 18 heavy (non-hydrogen) atoms. The van der Waals surface area contributed by atoms with Gasteiger partial charge in [0.15, 0.2) is 0 Å². The summed E-state index contributed by atoms with van der Waals surface area (Å²) in [5.41, 5.74) is 5.85. The molecule has 1 unspecified atom stereocenters. The maximum atomic E-state index is 12.5. The van der Waals surface area contributed by atoms with Gasteiger partial charge in [0.2, 0.25) is 5.91 Å². The van der Waals surface area contributed by atoms with Crippen molar-refractivity contribution < 1.29 is 9.90 Å². The lowest BCUT2D eigenvalue weighted by Gasteiger charge is -2.32. The fourth-order valence-electron chi connectivity index (χ4n) is 2.11. The Labute approximate surface area is 112 Å². The van der Waals surface area contributed by atoms with E-state index in [-0.39, 0.29) is 29.9 Å². The number of nitrogens with zero attached hydrogens (tertiary/aromatic N) is 1. The molecule has 0 saturated heterocycles. The molecule has 0 spiro atoms. The maximum absolute atomic E-state index is 12.5. The van der Waals surface area contributed by atoms with E-state index in [2.05, 4.69) is 20.8 Å². The van der Waals surface area contributed by atoms with Crippen LogP contribution < -0.4 is 5.73 Å². The Morgan fingerprint density at radius 1 is 1.33 bits per heavy atom. The zero-order chi connectivity index (χ0) is 14.3. The number of carbonyl (C=O) groups is 1. The van der Waals surface area contributed by atoms with Crippen molar-refractivity contribution in [2.24, 2.45) is 17.1 Å². The number of hydrogen-bond acceptors (Lipinski definition) is 3. The Kier molecular flexibility index (Phi) is 7.48. The first-order valence-corrected chi connectivity index (χ1v) is 6.84. The van der Waals surface area contributed by atoms with Gasteiger partial charge >= 0.3 is 0 Å². The summed E-state index contributed by atoms with van der Waals surface area (Å²) >= 11 is 0. The molecule has 0 aromatic carbocycles. The minimum absolute atomic E-state index is 0.0966. The number of carbonyl (C=O) groups excluding carboxylic acids is 1. The van der Waals surface area contributed by atoms with Gasteiger partial charge in [-0.2, -0.15) is 0 Å². The maximum Gasteiger partial charge on any atom is 0.227 e. The summed E-state index contributed by atoms with van der Waals surface area (Å²) in [5, 5.41) is 8.90. The van der Waals surface area contributed by atoms with E-state index in [9.17, 15) is 4.79 Å². The first-order chi connectivity index (χ1) is 8.22. The van der Waals surface area contributed by atoms with Gasteiger partial charge in [-0.1, -0.05) is 20.8 Å². The predicted octanol–water partition coefficient (Wildman–Crippen LogP) is 1.62. The van der Waals surface area contributed by atoms with E-state index in [0.717, 1.165) is 6.42 Å². The van der Waals surface area contributed by atoms with Crippen LogP contribution in [0.25, 0.3) is 0 Å². The summed E-state index contributed by atoms with van der Waals surface area (Å²) in [6.07, 6.45) is 1.42. The highest BCUT2D eigenvalue weighted by Gasteiger charge is 2.28. The average Bonchev–Trinajstić information content (AvgIpc) is 2.24. The number of amides is 1. The first-order valence-electron chi connectivity index (χ1n) is 6.84. The van der Waals surface area contributed by atoms with Crippen LogP contribution in [0.2, 0.25) is 0 Å². The molecule has 0 aliphatic rings. The zero-order valence-electron chi connectivity index (χ0n) is 12.6. The molecule has 0 radical (unpaired) electrons. The van der Waals surface area contributed by atoms with Crippen LogP contribution in [-0.4, -0.2) is 41.7 Å². The second-order valence-electron chi connectivity index (χ2n) is 6.40. The standard InChI is InChI=1S/C14H30N2O2/c1-11(2)16(7-6-8-17)13(18)12(10-15)9-14(3,4)5/h11-12,17H,6-10,15H2,1-5H3. The fourth-order valence-corrected chi connectivity index (χ4v) is 2.11. The molecule has 0 aromatic rings. The minimum Gasteiger partial charge on any atom is -0.396 e. The van der Waals surface area contributed by atoms with Gasteiger partial charge in [0.1, 0.15) is 0 Å². The predicted molar refractivity (Wildman–Crippen MR) is 75.2 cm³/mol. The molecule has 0 saturated carbocycles. The van der Waals surface area contributed by atoms with Crippen LogP contribution in [0.4, 0.5) is 0 Å². The Hall–Kier alpha value is -0.610. The lowest BCUT2D eigenvalue weighted by molar-refractivity contribution is -0.138. The number of aliphatic hydroxyl groups is 1. The molecule has 4 nitrogen and oxygen atoms in total. The Balaban J connectivity index is 4.70. The molecule has 0 aromatic heterocycles. The quantitative estimate of drug-likeness (QED) is 0.729. The van der Waals surface area contributed by atoms with Gasteiger partial charge in [0, 0.05) is 25.7 Å². The SMILES string of the molecule is CC(C)N(CCCO)C(=O)C(CN)CC(C)(C)C. The van der Waals surface area contributed by atoms with E-state index >= 15 is 0 Å². The van der Waals surface area contributed by atoms with Crippen molar-refractivity contribution in [1.29, 1.82) is 0 Å². The third-order valence-electron chi connectivity index (χ3n) is 2.96. The second-order valence-corrected chi connectivity index (χ2v) is 6.40. The van der Waals surface area contributed by atoms with Crippen LogP contribution in [0.5, 0.6) is 0 Å². The van der Waals surface area contributed by atoms with Gasteiger partial charge in [0.25, 0.3) is 0 Å². The zero-order valence-corrected chi connectivity index (χ0v) is 12.6. The smallest absolute Gasteiger partial charge is 0.227 e. The summed E-state index contributed by atoms with van der Waals surface area (Å²) in [4.78, 5) is 14.3. The lowest BCUT2D eigenvalue weighted by atomic mass is 9.84. The summed E-state index contributed by atoms with van der Waals surface area (Å²) in [6, 6.07) is 0.151. The average molecular weight is 258 g/mol. The Morgan fingerprint density at radius 2 is 1.89 bits per heavy atom. The van der Waals surface area contributed by atoms with Crippen LogP contribution >= 0.6 is 0 Å². The van der Waals surface area contributed by atoms with Crippen LogP contribution in [-0.2, 0) is 4.79 Å². The second kappa shape index (κ2) is 7.74. The molecular weight excluding hydrogens is 228 g/mol. The molecule has 4 heteroatoms. The monoisotopic (exact) mass is 258 g/mol. The normalized spacial score (nSPS) is 13.8. The van der Waals surface area contributed by atoms with Crippen LogP contribution in [0.3, 0.4) is 0 Å². The van der Waals surface area contributed by atoms with Gasteiger partial charge in [-0.15, -0.1) is 0 Å². The molecule has 0 aliphatic carbocycles. The van der Waals surface area contributed by atoms with E-state index in [1.807, 2.05) is 18.7 Å². The highest BCUT2D eigenvalue weighted by molar-refractivity contribution is 5.79. The van der Waals surface area contributed by atoms with Gasteiger partial charge in [-0.25, -0.2) is 0 Å². The largest absolute Gasteiger partial charge is 0.396 e. The first kappa shape index (κ1) is 17.4. The topological polar surface area (TPSA) is 66.6 Å². The van der Waals surface area contributed by atoms with Gasteiger partial charge in [0.05, 0.1) is 5.92 Å². The molecule has 108 valence electrons. The van der Waals surface area contributed by atoms with E-state index in [4.69, 9.17) is 10.8 Å². The fraction of sp³-hybridized carbons (Fsp3) is 0.929. The summed E-state index contributed by atoms with van der Waals surface area (Å²) in [6.45, 7) is 11.5. The van der Waals surface area contributed by atoms with Crippen LogP contribution in [0.15, 0.2) is 0 Å². The van der Waals surface area contributed by atoms with E-state index in [1.165, 1.54) is 0 Å². The van der Waals surface area contributed by atoms with Crippen LogP contribution in [0, 0.1) is 11.3 Å². The highest BCUT2D eigenvalue weighted by atomic mass is 16.3. The van der Waals surface area contributed by atoms with E-state index < -0.39 is 0 Å². The van der Waals surface area contributed by atoms with Crippen molar-refractivity contribution in [3.63, 3.8) is 0 Å². The lowest BCUT2D eigenvalue weighted by Crippen LogP contribution is -2.44. The number of hydrogen-bond donors (Lipinski definition) is 2. The summed E-state index contributed by atoms with van der Waals surface area (Å²) in [7, 11) is 0. The van der Waals surface area contributed by atoms with Crippen molar-refractivity contribution in [1.82, 2.24) is 4.90 Å². The van der Waals surface area contributed by atoms with Crippen molar-refractivity contribution >= 4 is 5.91 Å². The molecule has 0 rings (SSSR count). The third kappa shape index (κ3) is 6.36. The number of nitrogens with two attached hydrogens (primary N) is 1.